The zero-order valence-corrected chi connectivity index (χ0v) is 13.5. The van der Waals surface area contributed by atoms with Crippen LogP contribution in [0, 0.1) is 0 Å². The quantitative estimate of drug-likeness (QED) is 0.842. The number of benzene rings is 2. The Morgan fingerprint density at radius 1 is 1.14 bits per heavy atom. The first-order valence-electron chi connectivity index (χ1n) is 7.29. The molecule has 1 unspecified atom stereocenters. The summed E-state index contributed by atoms with van der Waals surface area (Å²) in [4.78, 5) is 2.18. The molecule has 0 aliphatic rings. The van der Waals surface area contributed by atoms with E-state index in [1.807, 2.05) is 50.4 Å². The van der Waals surface area contributed by atoms with Gasteiger partial charge >= 0.3 is 0 Å². The monoisotopic (exact) mass is 303 g/mol. The molecule has 0 amide bonds. The second-order valence-electron chi connectivity index (χ2n) is 5.32. The van der Waals surface area contributed by atoms with Gasteiger partial charge in [0, 0.05) is 23.3 Å². The Kier molecular flexibility index (Phi) is 5.27. The number of nitrogens with zero attached hydrogens (tertiary/aromatic N) is 1. The molecular formula is C18H22ClNO. The lowest BCUT2D eigenvalue weighted by atomic mass is 10.0. The average molecular weight is 304 g/mol. The number of rotatable bonds is 5. The number of hydrogen-bond acceptors (Lipinski definition) is 2. The molecule has 2 rings (SSSR count). The van der Waals surface area contributed by atoms with E-state index in [4.69, 9.17) is 11.6 Å². The molecule has 2 nitrogen and oxygen atoms in total. The van der Waals surface area contributed by atoms with Gasteiger partial charge in [0.2, 0.25) is 0 Å². The number of halogens is 1. The summed E-state index contributed by atoms with van der Waals surface area (Å²) in [6, 6.07) is 16.1. The van der Waals surface area contributed by atoms with Gasteiger partial charge in [-0.2, -0.15) is 0 Å². The normalized spacial score (nSPS) is 13.8. The van der Waals surface area contributed by atoms with E-state index in [1.165, 1.54) is 0 Å². The van der Waals surface area contributed by atoms with E-state index < -0.39 is 6.10 Å². The second kappa shape index (κ2) is 6.97. The maximum Gasteiger partial charge on any atom is 0.0807 e. The van der Waals surface area contributed by atoms with Gasteiger partial charge in [-0.1, -0.05) is 48.9 Å². The van der Waals surface area contributed by atoms with Gasteiger partial charge in [-0.25, -0.2) is 0 Å². The van der Waals surface area contributed by atoms with Crippen LogP contribution in [-0.2, 0) is 0 Å². The number of hydrogen-bond donors (Lipinski definition) is 1. The van der Waals surface area contributed by atoms with Crippen molar-refractivity contribution in [2.75, 3.05) is 11.9 Å². The average Bonchev–Trinajstić information content (AvgIpc) is 2.52. The molecule has 0 spiro atoms. The minimum atomic E-state index is -0.435. The van der Waals surface area contributed by atoms with Gasteiger partial charge in [0.15, 0.2) is 0 Å². The van der Waals surface area contributed by atoms with Crippen molar-refractivity contribution in [1.29, 1.82) is 0 Å². The smallest absolute Gasteiger partial charge is 0.0807 e. The fourth-order valence-corrected chi connectivity index (χ4v) is 2.71. The lowest BCUT2D eigenvalue weighted by Gasteiger charge is -2.30. The van der Waals surface area contributed by atoms with Crippen molar-refractivity contribution in [2.45, 2.75) is 32.4 Å². The van der Waals surface area contributed by atoms with Crippen molar-refractivity contribution in [3.8, 4) is 0 Å². The van der Waals surface area contributed by atoms with Gasteiger partial charge in [0.1, 0.15) is 0 Å². The summed E-state index contributed by atoms with van der Waals surface area (Å²) in [6.07, 6.45) is 0.270. The molecular weight excluding hydrogens is 282 g/mol. The Bertz CT molecular complexity index is 599. The molecule has 0 bridgehead atoms. The lowest BCUT2D eigenvalue weighted by molar-refractivity contribution is 0.174. The summed E-state index contributed by atoms with van der Waals surface area (Å²) >= 11 is 6.09. The third-order valence-electron chi connectivity index (χ3n) is 3.97. The van der Waals surface area contributed by atoms with E-state index in [0.29, 0.717) is 6.42 Å². The molecule has 0 saturated carbocycles. The minimum absolute atomic E-state index is 0.175. The van der Waals surface area contributed by atoms with E-state index in [-0.39, 0.29) is 6.04 Å². The second-order valence-corrected chi connectivity index (χ2v) is 5.76. The number of para-hydroxylation sites is 1. The highest BCUT2D eigenvalue weighted by atomic mass is 35.5. The Hall–Kier alpha value is -1.51. The number of aliphatic hydroxyl groups is 1. The predicted molar refractivity (Wildman–Crippen MR) is 90.0 cm³/mol. The van der Waals surface area contributed by atoms with E-state index in [1.54, 1.807) is 0 Å². The molecule has 2 atom stereocenters. The lowest BCUT2D eigenvalue weighted by Crippen LogP contribution is -2.23. The summed E-state index contributed by atoms with van der Waals surface area (Å²) in [7, 11) is 2.05. The van der Waals surface area contributed by atoms with Crippen LogP contribution >= 0.6 is 11.6 Å². The largest absolute Gasteiger partial charge is 0.388 e. The maximum absolute atomic E-state index is 10.2. The predicted octanol–water partition coefficient (Wildman–Crippen LogP) is 4.98. The van der Waals surface area contributed by atoms with Crippen molar-refractivity contribution in [3.63, 3.8) is 0 Å². The first kappa shape index (κ1) is 15.9. The molecule has 21 heavy (non-hydrogen) atoms. The molecule has 0 fully saturated rings. The molecule has 0 aliphatic heterocycles. The van der Waals surface area contributed by atoms with Crippen LogP contribution in [0.15, 0.2) is 48.5 Å². The minimum Gasteiger partial charge on any atom is -0.388 e. The first-order chi connectivity index (χ1) is 10.0. The maximum atomic E-state index is 10.2. The first-order valence-corrected chi connectivity index (χ1v) is 7.67. The SMILES string of the molecule is CC[C@@H](O)c1ccccc1N(C)C(C)c1cccc(Cl)c1. The van der Waals surface area contributed by atoms with E-state index in [9.17, 15) is 5.11 Å². The fraction of sp³-hybridized carbons (Fsp3) is 0.333. The van der Waals surface area contributed by atoms with Crippen molar-refractivity contribution in [2.24, 2.45) is 0 Å². The summed E-state index contributed by atoms with van der Waals surface area (Å²) in [6.45, 7) is 4.13. The van der Waals surface area contributed by atoms with Gasteiger partial charge in [0.25, 0.3) is 0 Å². The molecule has 3 heteroatoms. The third kappa shape index (κ3) is 3.58. The molecule has 2 aromatic rings. The van der Waals surface area contributed by atoms with Crippen LogP contribution in [-0.4, -0.2) is 12.2 Å². The Balaban J connectivity index is 2.33. The Morgan fingerprint density at radius 3 is 2.52 bits per heavy atom. The van der Waals surface area contributed by atoms with Crippen molar-refractivity contribution in [1.82, 2.24) is 0 Å². The van der Waals surface area contributed by atoms with Crippen LogP contribution in [0.25, 0.3) is 0 Å². The summed E-state index contributed by atoms with van der Waals surface area (Å²) in [5.41, 5.74) is 3.18. The van der Waals surface area contributed by atoms with Crippen LogP contribution in [0.2, 0.25) is 5.02 Å². The summed E-state index contributed by atoms with van der Waals surface area (Å²) in [5, 5.41) is 11.0. The van der Waals surface area contributed by atoms with Gasteiger partial charge < -0.3 is 10.0 Å². The number of anilines is 1. The van der Waals surface area contributed by atoms with Gasteiger partial charge in [-0.3, -0.25) is 0 Å². The van der Waals surface area contributed by atoms with Crippen molar-refractivity contribution >= 4 is 17.3 Å². The third-order valence-corrected chi connectivity index (χ3v) is 4.21. The molecule has 1 N–H and O–H groups in total. The molecule has 0 saturated heterocycles. The topological polar surface area (TPSA) is 23.5 Å². The van der Waals surface area contributed by atoms with E-state index in [0.717, 1.165) is 21.8 Å². The van der Waals surface area contributed by atoms with Crippen molar-refractivity contribution < 1.29 is 5.11 Å². The summed E-state index contributed by atoms with van der Waals surface area (Å²) < 4.78 is 0. The summed E-state index contributed by atoms with van der Waals surface area (Å²) in [5.74, 6) is 0. The van der Waals surface area contributed by atoms with E-state index >= 15 is 0 Å². The zero-order valence-electron chi connectivity index (χ0n) is 12.8. The van der Waals surface area contributed by atoms with Crippen LogP contribution < -0.4 is 4.90 Å². The zero-order chi connectivity index (χ0) is 15.4. The van der Waals surface area contributed by atoms with Gasteiger partial charge in [-0.15, -0.1) is 0 Å². The van der Waals surface area contributed by atoms with Crippen LogP contribution in [0.5, 0.6) is 0 Å². The fourth-order valence-electron chi connectivity index (χ4n) is 2.51. The Labute approximate surface area is 132 Å². The number of aliphatic hydroxyl groups excluding tert-OH is 1. The highest BCUT2D eigenvalue weighted by Crippen LogP contribution is 2.33. The van der Waals surface area contributed by atoms with Crippen LogP contribution in [0.4, 0.5) is 5.69 Å². The van der Waals surface area contributed by atoms with Crippen LogP contribution in [0.3, 0.4) is 0 Å². The van der Waals surface area contributed by atoms with E-state index in [2.05, 4.69) is 24.0 Å². The molecule has 0 aromatic heterocycles. The van der Waals surface area contributed by atoms with Crippen molar-refractivity contribution in [3.05, 3.63) is 64.7 Å². The molecule has 2 aromatic carbocycles. The highest BCUT2D eigenvalue weighted by Gasteiger charge is 2.18. The molecule has 0 radical (unpaired) electrons. The molecule has 0 heterocycles. The highest BCUT2D eigenvalue weighted by molar-refractivity contribution is 6.30. The standard InChI is InChI=1S/C18H22ClNO/c1-4-18(21)16-10-5-6-11-17(16)20(3)13(2)14-8-7-9-15(19)12-14/h5-13,18,21H,4H2,1-3H3/t13?,18-/m1/s1. The van der Waals surface area contributed by atoms with Gasteiger partial charge in [-0.05, 0) is 37.1 Å². The molecule has 0 aliphatic carbocycles. The molecule has 112 valence electrons. The van der Waals surface area contributed by atoms with Crippen LogP contribution in [0.1, 0.15) is 43.5 Å². The Morgan fingerprint density at radius 2 is 1.86 bits per heavy atom. The van der Waals surface area contributed by atoms with Gasteiger partial charge in [0.05, 0.1) is 12.1 Å².